The van der Waals surface area contributed by atoms with E-state index in [0.717, 1.165) is 11.3 Å². The summed E-state index contributed by atoms with van der Waals surface area (Å²) in [6, 6.07) is 17.7. The van der Waals surface area contributed by atoms with Gasteiger partial charge in [0.1, 0.15) is 18.1 Å². The summed E-state index contributed by atoms with van der Waals surface area (Å²) in [5.74, 6) is 0.988. The van der Waals surface area contributed by atoms with E-state index in [0.29, 0.717) is 5.75 Å². The van der Waals surface area contributed by atoms with Gasteiger partial charge in [-0.25, -0.2) is 8.42 Å². The van der Waals surface area contributed by atoms with Crippen molar-refractivity contribution in [3.63, 3.8) is 0 Å². The molecule has 0 saturated carbocycles. The number of carbonyl (C=O) groups excluding carboxylic acids is 1. The summed E-state index contributed by atoms with van der Waals surface area (Å²) in [7, 11) is -2.18. The van der Waals surface area contributed by atoms with Crippen molar-refractivity contribution in [1.82, 2.24) is 5.32 Å². The highest BCUT2D eigenvalue weighted by Crippen LogP contribution is 2.24. The van der Waals surface area contributed by atoms with E-state index in [1.807, 2.05) is 6.92 Å². The van der Waals surface area contributed by atoms with E-state index in [1.54, 1.807) is 50.4 Å². The molecule has 0 unspecified atom stereocenters. The normalized spacial score (nSPS) is 12.0. The Morgan fingerprint density at radius 2 is 1.64 bits per heavy atom. The Kier molecular flexibility index (Phi) is 7.84. The van der Waals surface area contributed by atoms with Crippen molar-refractivity contribution >= 4 is 33.2 Å². The molecule has 2 N–H and O–H groups in total. The van der Waals surface area contributed by atoms with Gasteiger partial charge < -0.3 is 14.8 Å². The number of aryl methyl sites for hydroxylation is 1. The molecule has 1 amide bonds. The molecule has 0 aliphatic heterocycles. The molecular formula is C24H25ClN2O5S. The van der Waals surface area contributed by atoms with E-state index in [2.05, 4.69) is 10.0 Å². The largest absolute Gasteiger partial charge is 0.497 e. The average molecular weight is 489 g/mol. The zero-order chi connectivity index (χ0) is 24.0. The number of halogens is 1. The molecule has 9 heteroatoms. The fourth-order valence-electron chi connectivity index (χ4n) is 2.93. The Morgan fingerprint density at radius 1 is 1.00 bits per heavy atom. The van der Waals surface area contributed by atoms with E-state index in [9.17, 15) is 13.2 Å². The van der Waals surface area contributed by atoms with Gasteiger partial charge in [-0.1, -0.05) is 29.3 Å². The first-order chi connectivity index (χ1) is 15.7. The molecule has 0 heterocycles. The van der Waals surface area contributed by atoms with E-state index < -0.39 is 15.9 Å². The molecule has 0 spiro atoms. The lowest BCUT2D eigenvalue weighted by Crippen LogP contribution is -2.36. The number of ether oxygens (including phenoxy) is 2. The maximum Gasteiger partial charge on any atom is 0.261 e. The quantitative estimate of drug-likeness (QED) is 0.457. The van der Waals surface area contributed by atoms with Gasteiger partial charge in [-0.05, 0) is 68.4 Å². The van der Waals surface area contributed by atoms with Crippen LogP contribution in [0.4, 0.5) is 5.69 Å². The van der Waals surface area contributed by atoms with Crippen molar-refractivity contribution in [2.45, 2.75) is 24.8 Å². The predicted octanol–water partition coefficient (Wildman–Crippen LogP) is 4.66. The predicted molar refractivity (Wildman–Crippen MR) is 129 cm³/mol. The Bertz CT molecular complexity index is 1210. The van der Waals surface area contributed by atoms with Crippen LogP contribution >= 0.6 is 11.6 Å². The molecule has 0 radical (unpaired) electrons. The van der Waals surface area contributed by atoms with Crippen LogP contribution in [0.25, 0.3) is 0 Å². The number of carbonyl (C=O) groups is 1. The molecule has 0 saturated heterocycles. The fourth-order valence-corrected chi connectivity index (χ4v) is 4.25. The number of benzene rings is 3. The summed E-state index contributed by atoms with van der Waals surface area (Å²) in [6.45, 7) is 3.93. The molecule has 3 aromatic rings. The van der Waals surface area contributed by atoms with Crippen LogP contribution in [0.5, 0.6) is 11.5 Å². The number of amides is 1. The number of methoxy groups -OCH3 is 1. The van der Waals surface area contributed by atoms with E-state index in [-0.39, 0.29) is 33.8 Å². The maximum absolute atomic E-state index is 12.6. The van der Waals surface area contributed by atoms with Gasteiger partial charge in [0.05, 0.1) is 34.3 Å². The molecule has 3 aromatic carbocycles. The number of hydrogen-bond donors (Lipinski definition) is 2. The van der Waals surface area contributed by atoms with Crippen LogP contribution in [0, 0.1) is 6.92 Å². The molecule has 7 nitrogen and oxygen atoms in total. The standard InChI is InChI=1S/C24H25ClN2O5S/c1-16-4-11-21(12-5-16)33(29,30)27-18-6-13-22(23(25)14-18)24(28)26-17(2)15-32-20-9-7-19(31-3)8-10-20/h4-14,17,27H,15H2,1-3H3,(H,26,28)/t17-/m1/s1. The molecule has 0 bridgehead atoms. The van der Waals surface area contributed by atoms with Gasteiger partial charge in [0.2, 0.25) is 0 Å². The third-order valence-corrected chi connectivity index (χ3v) is 6.44. The summed E-state index contributed by atoms with van der Waals surface area (Å²) in [4.78, 5) is 12.8. The molecular weight excluding hydrogens is 464 g/mol. The van der Waals surface area contributed by atoms with Crippen LogP contribution < -0.4 is 19.5 Å². The second-order valence-corrected chi connectivity index (χ2v) is 9.56. The zero-order valence-corrected chi connectivity index (χ0v) is 20.0. The third-order valence-electron chi connectivity index (χ3n) is 4.73. The number of hydrogen-bond acceptors (Lipinski definition) is 5. The average Bonchev–Trinajstić information content (AvgIpc) is 2.78. The second-order valence-electron chi connectivity index (χ2n) is 7.47. The van der Waals surface area contributed by atoms with Gasteiger partial charge >= 0.3 is 0 Å². The number of sulfonamides is 1. The van der Waals surface area contributed by atoms with Crippen LogP contribution in [0.15, 0.2) is 71.6 Å². The molecule has 0 aromatic heterocycles. The Labute approximate surface area is 198 Å². The summed E-state index contributed by atoms with van der Waals surface area (Å²) in [6.07, 6.45) is 0. The van der Waals surface area contributed by atoms with Crippen molar-refractivity contribution in [2.75, 3.05) is 18.4 Å². The minimum Gasteiger partial charge on any atom is -0.497 e. The van der Waals surface area contributed by atoms with Crippen LogP contribution in [-0.2, 0) is 10.0 Å². The van der Waals surface area contributed by atoms with Gasteiger partial charge in [-0.3, -0.25) is 9.52 Å². The lowest BCUT2D eigenvalue weighted by Gasteiger charge is -2.16. The maximum atomic E-state index is 12.6. The third kappa shape index (κ3) is 6.63. The van der Waals surface area contributed by atoms with Crippen LogP contribution in [0.1, 0.15) is 22.8 Å². The lowest BCUT2D eigenvalue weighted by atomic mass is 10.2. The highest BCUT2D eigenvalue weighted by atomic mass is 35.5. The van der Waals surface area contributed by atoms with Crippen molar-refractivity contribution < 1.29 is 22.7 Å². The topological polar surface area (TPSA) is 93.7 Å². The van der Waals surface area contributed by atoms with Gasteiger partial charge in [0.25, 0.3) is 15.9 Å². The van der Waals surface area contributed by atoms with Gasteiger partial charge in [0, 0.05) is 0 Å². The Morgan fingerprint density at radius 3 is 2.24 bits per heavy atom. The first-order valence-electron chi connectivity index (χ1n) is 10.1. The highest BCUT2D eigenvalue weighted by Gasteiger charge is 2.17. The summed E-state index contributed by atoms with van der Waals surface area (Å²) >= 11 is 6.27. The fraction of sp³-hybridized carbons (Fsp3) is 0.208. The molecule has 0 aliphatic rings. The summed E-state index contributed by atoms with van der Waals surface area (Å²) in [5.41, 5.74) is 1.44. The Hall–Kier alpha value is -3.23. The van der Waals surface area contributed by atoms with Crippen molar-refractivity contribution in [2.24, 2.45) is 0 Å². The van der Waals surface area contributed by atoms with Gasteiger partial charge in [-0.2, -0.15) is 0 Å². The van der Waals surface area contributed by atoms with E-state index in [4.69, 9.17) is 21.1 Å². The number of rotatable bonds is 9. The van der Waals surface area contributed by atoms with Crippen molar-refractivity contribution in [3.8, 4) is 11.5 Å². The summed E-state index contributed by atoms with van der Waals surface area (Å²) < 4.78 is 38.4. The van der Waals surface area contributed by atoms with Gasteiger partial charge in [0.15, 0.2) is 0 Å². The first-order valence-corrected chi connectivity index (χ1v) is 12.0. The monoisotopic (exact) mass is 488 g/mol. The number of anilines is 1. The Balaban J connectivity index is 1.60. The zero-order valence-electron chi connectivity index (χ0n) is 18.5. The van der Waals surface area contributed by atoms with E-state index >= 15 is 0 Å². The van der Waals surface area contributed by atoms with Crippen molar-refractivity contribution in [1.29, 1.82) is 0 Å². The summed E-state index contributed by atoms with van der Waals surface area (Å²) in [5, 5.41) is 2.94. The van der Waals surface area contributed by atoms with Crippen LogP contribution in [0.2, 0.25) is 5.02 Å². The van der Waals surface area contributed by atoms with Crippen LogP contribution in [0.3, 0.4) is 0 Å². The molecule has 0 fully saturated rings. The van der Waals surface area contributed by atoms with Crippen LogP contribution in [-0.4, -0.2) is 34.1 Å². The van der Waals surface area contributed by atoms with Crippen molar-refractivity contribution in [3.05, 3.63) is 82.9 Å². The second kappa shape index (κ2) is 10.6. The molecule has 0 aliphatic carbocycles. The lowest BCUT2D eigenvalue weighted by molar-refractivity contribution is 0.0927. The smallest absolute Gasteiger partial charge is 0.261 e. The SMILES string of the molecule is COc1ccc(OC[C@@H](C)NC(=O)c2ccc(NS(=O)(=O)c3ccc(C)cc3)cc2Cl)cc1. The molecule has 1 atom stereocenters. The molecule has 33 heavy (non-hydrogen) atoms. The van der Waals surface area contributed by atoms with E-state index in [1.165, 1.54) is 30.3 Å². The first kappa shape index (κ1) is 24.4. The van der Waals surface area contributed by atoms with Gasteiger partial charge in [-0.15, -0.1) is 0 Å². The minimum atomic E-state index is -3.77. The molecule has 3 rings (SSSR count). The number of nitrogens with one attached hydrogen (secondary N) is 2. The minimum absolute atomic E-state index is 0.125. The highest BCUT2D eigenvalue weighted by molar-refractivity contribution is 7.92. The molecule has 174 valence electrons.